The minimum atomic E-state index is -1.65. The highest BCUT2D eigenvalue weighted by Gasteiger charge is 2.52. The van der Waals surface area contributed by atoms with E-state index < -0.39 is 54.3 Å². The lowest BCUT2D eigenvalue weighted by Gasteiger charge is -2.47. The predicted molar refractivity (Wildman–Crippen MR) is 111 cm³/mol. The molecule has 180 valence electrons. The van der Waals surface area contributed by atoms with E-state index in [1.807, 2.05) is 0 Å². The van der Waals surface area contributed by atoms with Crippen molar-refractivity contribution >= 4 is 11.8 Å². The smallest absolute Gasteiger partial charge is 0.330 e. The molecule has 0 aromatic heterocycles. The standard InChI is InChI=1S/C22H32O10/c1-12(7-16(25)30-4)5-6-22(29)13(2)8-14(24)9-21(22,3)11-31-20-19(28)18(27)17(26)15(10-23)32-20/h5-8,15,17-20,23,26-29H,9-11H2,1-4H3/b6-5+,12-7-/t15-,17-,18+,19-,20-,21-,22-/m1/s1. The molecule has 10 nitrogen and oxygen atoms in total. The van der Waals surface area contributed by atoms with Crippen molar-refractivity contribution in [2.45, 2.75) is 63.5 Å². The van der Waals surface area contributed by atoms with Crippen LogP contribution in [0.4, 0.5) is 0 Å². The summed E-state index contributed by atoms with van der Waals surface area (Å²) in [5, 5.41) is 50.9. The first-order valence-electron chi connectivity index (χ1n) is 10.2. The summed E-state index contributed by atoms with van der Waals surface area (Å²) < 4.78 is 15.6. The first-order valence-corrected chi connectivity index (χ1v) is 10.2. The molecule has 2 rings (SSSR count). The van der Waals surface area contributed by atoms with Crippen LogP contribution in [-0.4, -0.2) is 93.9 Å². The monoisotopic (exact) mass is 456 g/mol. The molecular formula is C22H32O10. The van der Waals surface area contributed by atoms with Crippen molar-refractivity contribution in [3.63, 3.8) is 0 Å². The summed E-state index contributed by atoms with van der Waals surface area (Å²) in [7, 11) is 1.25. The number of methoxy groups -OCH3 is 1. The molecule has 0 bridgehead atoms. The number of allylic oxidation sites excluding steroid dienone is 3. The Morgan fingerprint density at radius 1 is 1.28 bits per heavy atom. The van der Waals surface area contributed by atoms with E-state index >= 15 is 0 Å². The van der Waals surface area contributed by atoms with E-state index in [9.17, 15) is 35.1 Å². The van der Waals surface area contributed by atoms with Crippen LogP contribution in [-0.2, 0) is 23.8 Å². The Morgan fingerprint density at radius 2 is 1.94 bits per heavy atom. The molecule has 0 amide bonds. The minimum Gasteiger partial charge on any atom is -0.466 e. The average Bonchev–Trinajstić information content (AvgIpc) is 2.74. The predicted octanol–water partition coefficient (Wildman–Crippen LogP) is -0.865. The summed E-state index contributed by atoms with van der Waals surface area (Å²) in [6.07, 6.45) is -1.84. The van der Waals surface area contributed by atoms with Crippen LogP contribution >= 0.6 is 0 Å². The SMILES string of the molecule is COC(=O)/C=C(C)\C=C\[C@@]1(O)C(C)=CC(=O)C[C@]1(C)CO[C@@H]1O[C@H](CO)[C@@H](O)[C@H](O)[C@H]1O. The van der Waals surface area contributed by atoms with Crippen LogP contribution in [0.1, 0.15) is 27.2 Å². The van der Waals surface area contributed by atoms with E-state index in [1.54, 1.807) is 20.8 Å². The van der Waals surface area contributed by atoms with Gasteiger partial charge in [-0.3, -0.25) is 4.79 Å². The van der Waals surface area contributed by atoms with Gasteiger partial charge in [-0.25, -0.2) is 4.79 Å². The molecule has 2 aliphatic rings. The van der Waals surface area contributed by atoms with Gasteiger partial charge in [-0.1, -0.05) is 13.0 Å². The van der Waals surface area contributed by atoms with Crippen LogP contribution in [0.25, 0.3) is 0 Å². The number of carbonyl (C=O) groups excluding carboxylic acids is 2. The molecule has 32 heavy (non-hydrogen) atoms. The summed E-state index contributed by atoms with van der Waals surface area (Å²) in [6.45, 7) is 3.97. The molecule has 7 atom stereocenters. The van der Waals surface area contributed by atoms with Crippen molar-refractivity contribution in [2.24, 2.45) is 5.41 Å². The number of ether oxygens (including phenoxy) is 3. The molecule has 0 aromatic carbocycles. The molecule has 5 N–H and O–H groups in total. The van der Waals surface area contributed by atoms with Gasteiger partial charge >= 0.3 is 5.97 Å². The van der Waals surface area contributed by atoms with Gasteiger partial charge < -0.3 is 39.7 Å². The Hall–Kier alpha value is -1.92. The molecule has 1 aliphatic carbocycles. The zero-order chi connectivity index (χ0) is 24.3. The Labute approximate surface area is 186 Å². The fourth-order valence-electron chi connectivity index (χ4n) is 3.91. The number of hydrogen-bond acceptors (Lipinski definition) is 10. The lowest BCUT2D eigenvalue weighted by Crippen LogP contribution is -2.60. The molecule has 0 aromatic rings. The lowest BCUT2D eigenvalue weighted by atomic mass is 9.63. The Bertz CT molecular complexity index is 801. The summed E-state index contributed by atoms with van der Waals surface area (Å²) in [6, 6.07) is 0. The minimum absolute atomic E-state index is 0.0949. The summed E-state index contributed by atoms with van der Waals surface area (Å²) in [5.74, 6) is -0.791. The van der Waals surface area contributed by atoms with Crippen LogP contribution < -0.4 is 0 Å². The van der Waals surface area contributed by atoms with Crippen molar-refractivity contribution < 1.29 is 49.3 Å². The number of esters is 1. The van der Waals surface area contributed by atoms with Gasteiger partial charge in [0.1, 0.15) is 30.0 Å². The van der Waals surface area contributed by atoms with Gasteiger partial charge in [-0.05, 0) is 37.1 Å². The third-order valence-corrected chi connectivity index (χ3v) is 6.01. The second-order valence-corrected chi connectivity index (χ2v) is 8.55. The largest absolute Gasteiger partial charge is 0.466 e. The van der Waals surface area contributed by atoms with Gasteiger partial charge in [-0.15, -0.1) is 0 Å². The molecular weight excluding hydrogens is 424 g/mol. The van der Waals surface area contributed by atoms with Gasteiger partial charge in [-0.2, -0.15) is 0 Å². The van der Waals surface area contributed by atoms with Crippen molar-refractivity contribution in [3.8, 4) is 0 Å². The second-order valence-electron chi connectivity index (χ2n) is 8.55. The van der Waals surface area contributed by atoms with Crippen molar-refractivity contribution in [1.82, 2.24) is 0 Å². The Balaban J connectivity index is 2.28. The molecule has 1 aliphatic heterocycles. The fourth-order valence-corrected chi connectivity index (χ4v) is 3.91. The quantitative estimate of drug-likeness (QED) is 0.185. The molecule has 1 heterocycles. The van der Waals surface area contributed by atoms with Crippen LogP contribution in [0.3, 0.4) is 0 Å². The first-order chi connectivity index (χ1) is 14.9. The average molecular weight is 456 g/mol. The first kappa shape index (κ1) is 26.3. The maximum absolute atomic E-state index is 12.3. The van der Waals surface area contributed by atoms with E-state index in [2.05, 4.69) is 4.74 Å². The van der Waals surface area contributed by atoms with E-state index in [4.69, 9.17) is 9.47 Å². The number of carbonyl (C=O) groups is 2. The van der Waals surface area contributed by atoms with E-state index in [-0.39, 0.29) is 18.8 Å². The third kappa shape index (κ3) is 5.34. The van der Waals surface area contributed by atoms with Gasteiger partial charge in [0.05, 0.1) is 20.3 Å². The highest BCUT2D eigenvalue weighted by Crippen LogP contribution is 2.45. The van der Waals surface area contributed by atoms with Gasteiger partial charge in [0.25, 0.3) is 0 Å². The highest BCUT2D eigenvalue weighted by molar-refractivity contribution is 5.93. The van der Waals surface area contributed by atoms with E-state index in [1.165, 1.54) is 31.4 Å². The van der Waals surface area contributed by atoms with E-state index in [0.29, 0.717) is 11.1 Å². The van der Waals surface area contributed by atoms with Gasteiger partial charge in [0.2, 0.25) is 0 Å². The highest BCUT2D eigenvalue weighted by atomic mass is 16.7. The van der Waals surface area contributed by atoms with E-state index in [0.717, 1.165) is 0 Å². The lowest BCUT2D eigenvalue weighted by molar-refractivity contribution is -0.308. The van der Waals surface area contributed by atoms with Gasteiger partial charge in [0, 0.05) is 17.9 Å². The van der Waals surface area contributed by atoms with Crippen molar-refractivity contribution in [1.29, 1.82) is 0 Å². The molecule has 0 spiro atoms. The van der Waals surface area contributed by atoms with Crippen LogP contribution in [0, 0.1) is 5.41 Å². The molecule has 10 heteroatoms. The molecule has 1 saturated heterocycles. The fraction of sp³-hybridized carbons (Fsp3) is 0.636. The Morgan fingerprint density at radius 3 is 2.53 bits per heavy atom. The summed E-state index contributed by atoms with van der Waals surface area (Å²) >= 11 is 0. The second kappa shape index (κ2) is 10.3. The van der Waals surface area contributed by atoms with Crippen molar-refractivity contribution in [2.75, 3.05) is 20.3 Å². The summed E-state index contributed by atoms with van der Waals surface area (Å²) in [5.41, 5.74) is -1.99. The molecule has 0 radical (unpaired) electrons. The number of hydrogen-bond donors (Lipinski definition) is 5. The van der Waals surface area contributed by atoms with Crippen LogP contribution in [0.2, 0.25) is 0 Å². The molecule has 0 unspecified atom stereocenters. The van der Waals surface area contributed by atoms with Gasteiger partial charge in [0.15, 0.2) is 12.1 Å². The van der Waals surface area contributed by atoms with Crippen LogP contribution in [0.5, 0.6) is 0 Å². The molecule has 1 fully saturated rings. The number of ketones is 1. The third-order valence-electron chi connectivity index (χ3n) is 6.01. The normalized spacial score (nSPS) is 38.7. The van der Waals surface area contributed by atoms with Crippen molar-refractivity contribution in [3.05, 3.63) is 35.5 Å². The Kier molecular flexibility index (Phi) is 8.51. The zero-order valence-corrected chi connectivity index (χ0v) is 18.6. The molecule has 0 saturated carbocycles. The number of rotatable bonds is 7. The maximum Gasteiger partial charge on any atom is 0.330 e. The number of aliphatic hydroxyl groups excluding tert-OH is 4. The number of aliphatic hydroxyl groups is 5. The maximum atomic E-state index is 12.3. The van der Waals surface area contributed by atoms with Crippen LogP contribution in [0.15, 0.2) is 35.5 Å². The summed E-state index contributed by atoms with van der Waals surface area (Å²) in [4.78, 5) is 23.7. The topological polar surface area (TPSA) is 163 Å². The zero-order valence-electron chi connectivity index (χ0n) is 18.6.